The van der Waals surface area contributed by atoms with E-state index in [1.807, 2.05) is 38.1 Å². The van der Waals surface area contributed by atoms with Crippen LogP contribution in [0, 0.1) is 6.92 Å². The van der Waals surface area contributed by atoms with Crippen LogP contribution in [0.1, 0.15) is 12.5 Å². The SMILES string of the molecule is CCNC(=NCC(=O)N(C)C)NCCOc1ccccc1C. The summed E-state index contributed by atoms with van der Waals surface area (Å²) >= 11 is 0. The molecule has 1 rings (SSSR count). The fraction of sp³-hybridized carbons (Fsp3) is 0.500. The molecule has 0 unspecified atom stereocenters. The smallest absolute Gasteiger partial charge is 0.243 e. The van der Waals surface area contributed by atoms with E-state index in [-0.39, 0.29) is 12.5 Å². The van der Waals surface area contributed by atoms with Crippen molar-refractivity contribution in [3.05, 3.63) is 29.8 Å². The van der Waals surface area contributed by atoms with Crippen LogP contribution in [0.4, 0.5) is 0 Å². The van der Waals surface area contributed by atoms with Gasteiger partial charge in [-0.25, -0.2) is 4.99 Å². The van der Waals surface area contributed by atoms with Gasteiger partial charge in [0.2, 0.25) is 5.91 Å². The molecule has 2 N–H and O–H groups in total. The van der Waals surface area contributed by atoms with Crippen LogP contribution in [0.3, 0.4) is 0 Å². The summed E-state index contributed by atoms with van der Waals surface area (Å²) in [4.78, 5) is 17.3. The number of para-hydroxylation sites is 1. The number of nitrogens with one attached hydrogen (secondary N) is 2. The molecule has 0 heterocycles. The average Bonchev–Trinajstić information content (AvgIpc) is 2.50. The number of carbonyl (C=O) groups is 1. The van der Waals surface area contributed by atoms with E-state index < -0.39 is 0 Å². The number of aliphatic imine (C=N–C) groups is 1. The Kier molecular flexibility index (Phi) is 7.81. The number of benzene rings is 1. The number of hydrogen-bond acceptors (Lipinski definition) is 3. The first-order valence-electron chi connectivity index (χ1n) is 7.45. The van der Waals surface area contributed by atoms with E-state index in [1.54, 1.807) is 14.1 Å². The van der Waals surface area contributed by atoms with Gasteiger partial charge in [-0.05, 0) is 25.5 Å². The number of rotatable bonds is 7. The van der Waals surface area contributed by atoms with Crippen molar-refractivity contribution in [1.29, 1.82) is 0 Å². The van der Waals surface area contributed by atoms with Crippen LogP contribution in [0.25, 0.3) is 0 Å². The number of guanidine groups is 1. The van der Waals surface area contributed by atoms with Crippen molar-refractivity contribution in [2.75, 3.05) is 40.3 Å². The summed E-state index contributed by atoms with van der Waals surface area (Å²) in [6, 6.07) is 7.90. The quantitative estimate of drug-likeness (QED) is 0.448. The second-order valence-corrected chi connectivity index (χ2v) is 5.02. The van der Waals surface area contributed by atoms with Crippen LogP contribution < -0.4 is 15.4 Å². The fourth-order valence-corrected chi connectivity index (χ4v) is 1.68. The minimum absolute atomic E-state index is 0.0339. The Bertz CT molecular complexity index is 501. The van der Waals surface area contributed by atoms with Crippen LogP contribution in [0.5, 0.6) is 5.75 Å². The Morgan fingerprint density at radius 1 is 1.27 bits per heavy atom. The second kappa shape index (κ2) is 9.65. The molecule has 0 aliphatic rings. The maximum absolute atomic E-state index is 11.5. The Balaban J connectivity index is 2.39. The summed E-state index contributed by atoms with van der Waals surface area (Å²) in [5.41, 5.74) is 1.11. The molecule has 0 radical (unpaired) electrons. The zero-order valence-corrected chi connectivity index (χ0v) is 13.8. The molecule has 122 valence electrons. The maximum atomic E-state index is 11.5. The van der Waals surface area contributed by atoms with Gasteiger partial charge in [0.25, 0.3) is 0 Å². The molecule has 0 bridgehead atoms. The minimum Gasteiger partial charge on any atom is -0.491 e. The maximum Gasteiger partial charge on any atom is 0.243 e. The molecule has 1 aromatic carbocycles. The molecule has 22 heavy (non-hydrogen) atoms. The number of aryl methyl sites for hydroxylation is 1. The van der Waals surface area contributed by atoms with Gasteiger partial charge in [-0.2, -0.15) is 0 Å². The minimum atomic E-state index is -0.0339. The van der Waals surface area contributed by atoms with Crippen molar-refractivity contribution in [3.8, 4) is 5.75 Å². The van der Waals surface area contributed by atoms with Gasteiger partial charge in [0.1, 0.15) is 18.9 Å². The molecule has 0 saturated carbocycles. The number of ether oxygens (including phenoxy) is 1. The number of carbonyl (C=O) groups excluding carboxylic acids is 1. The van der Waals surface area contributed by atoms with Gasteiger partial charge >= 0.3 is 0 Å². The van der Waals surface area contributed by atoms with Crippen molar-refractivity contribution in [3.63, 3.8) is 0 Å². The van der Waals surface area contributed by atoms with E-state index in [2.05, 4.69) is 15.6 Å². The first-order chi connectivity index (χ1) is 10.5. The molecular weight excluding hydrogens is 280 g/mol. The van der Waals surface area contributed by atoms with Crippen LogP contribution in [-0.2, 0) is 4.79 Å². The summed E-state index contributed by atoms with van der Waals surface area (Å²) in [5.74, 6) is 1.47. The molecule has 0 aliphatic heterocycles. The Morgan fingerprint density at radius 2 is 2.00 bits per heavy atom. The highest BCUT2D eigenvalue weighted by atomic mass is 16.5. The van der Waals surface area contributed by atoms with Crippen molar-refractivity contribution < 1.29 is 9.53 Å². The molecule has 6 heteroatoms. The van der Waals surface area contributed by atoms with E-state index in [0.29, 0.717) is 19.1 Å². The molecule has 0 spiro atoms. The lowest BCUT2D eigenvalue weighted by Gasteiger charge is -2.13. The standard InChI is InChI=1S/C16H26N4O2/c1-5-17-16(19-12-15(21)20(3)4)18-10-11-22-14-9-7-6-8-13(14)2/h6-9H,5,10-12H2,1-4H3,(H2,17,18,19). The van der Waals surface area contributed by atoms with Gasteiger partial charge in [-0.3, -0.25) is 4.79 Å². The van der Waals surface area contributed by atoms with E-state index in [0.717, 1.165) is 17.9 Å². The highest BCUT2D eigenvalue weighted by Gasteiger charge is 2.04. The lowest BCUT2D eigenvalue weighted by atomic mass is 10.2. The van der Waals surface area contributed by atoms with Crippen molar-refractivity contribution in [2.24, 2.45) is 4.99 Å². The summed E-state index contributed by atoms with van der Waals surface area (Å²) in [6.07, 6.45) is 0. The lowest BCUT2D eigenvalue weighted by Crippen LogP contribution is -2.40. The number of likely N-dealkylation sites (N-methyl/N-ethyl adjacent to an activating group) is 1. The van der Waals surface area contributed by atoms with E-state index in [1.165, 1.54) is 4.90 Å². The molecule has 1 amide bonds. The van der Waals surface area contributed by atoms with Crippen LogP contribution in [0.15, 0.2) is 29.3 Å². The van der Waals surface area contributed by atoms with Crippen molar-refractivity contribution in [2.45, 2.75) is 13.8 Å². The number of nitrogens with zero attached hydrogens (tertiary/aromatic N) is 2. The predicted octanol–water partition coefficient (Wildman–Crippen LogP) is 1.02. The molecule has 0 aromatic heterocycles. The molecule has 1 aromatic rings. The lowest BCUT2D eigenvalue weighted by molar-refractivity contribution is -0.127. The zero-order chi connectivity index (χ0) is 16.4. The molecule has 6 nitrogen and oxygen atoms in total. The van der Waals surface area contributed by atoms with Gasteiger partial charge in [0.15, 0.2) is 5.96 Å². The third-order valence-corrected chi connectivity index (χ3v) is 2.96. The molecule has 0 atom stereocenters. The molecule has 0 saturated heterocycles. The fourth-order valence-electron chi connectivity index (χ4n) is 1.68. The largest absolute Gasteiger partial charge is 0.491 e. The first-order valence-corrected chi connectivity index (χ1v) is 7.45. The van der Waals surface area contributed by atoms with Crippen molar-refractivity contribution >= 4 is 11.9 Å². The first kappa shape index (κ1) is 17.8. The van der Waals surface area contributed by atoms with Gasteiger partial charge in [-0.1, -0.05) is 18.2 Å². The average molecular weight is 306 g/mol. The highest BCUT2D eigenvalue weighted by molar-refractivity contribution is 5.84. The number of hydrogen-bond donors (Lipinski definition) is 2. The normalized spacial score (nSPS) is 11.0. The van der Waals surface area contributed by atoms with Gasteiger partial charge < -0.3 is 20.3 Å². The van der Waals surface area contributed by atoms with Crippen molar-refractivity contribution in [1.82, 2.24) is 15.5 Å². The molecular formula is C16H26N4O2. The summed E-state index contributed by atoms with van der Waals surface area (Å²) in [5, 5.41) is 6.25. The van der Waals surface area contributed by atoms with E-state index in [4.69, 9.17) is 4.74 Å². The third kappa shape index (κ3) is 6.47. The Morgan fingerprint density at radius 3 is 2.64 bits per heavy atom. The van der Waals surface area contributed by atoms with Gasteiger partial charge in [0.05, 0.1) is 6.54 Å². The topological polar surface area (TPSA) is 66.0 Å². The summed E-state index contributed by atoms with van der Waals surface area (Å²) in [7, 11) is 3.43. The van der Waals surface area contributed by atoms with Gasteiger partial charge in [0, 0.05) is 20.6 Å². The number of amides is 1. The highest BCUT2D eigenvalue weighted by Crippen LogP contribution is 2.15. The van der Waals surface area contributed by atoms with E-state index in [9.17, 15) is 4.79 Å². The zero-order valence-electron chi connectivity index (χ0n) is 13.8. The Hall–Kier alpha value is -2.24. The van der Waals surface area contributed by atoms with Crippen LogP contribution >= 0.6 is 0 Å². The second-order valence-electron chi connectivity index (χ2n) is 5.02. The van der Waals surface area contributed by atoms with Gasteiger partial charge in [-0.15, -0.1) is 0 Å². The third-order valence-electron chi connectivity index (χ3n) is 2.96. The summed E-state index contributed by atoms with van der Waals surface area (Å²) < 4.78 is 5.71. The van der Waals surface area contributed by atoms with E-state index >= 15 is 0 Å². The van der Waals surface area contributed by atoms with Crippen LogP contribution in [0.2, 0.25) is 0 Å². The molecule has 0 fully saturated rings. The molecule has 0 aliphatic carbocycles. The Labute approximate surface area is 132 Å². The summed E-state index contributed by atoms with van der Waals surface area (Å²) in [6.45, 7) is 5.99. The van der Waals surface area contributed by atoms with Crippen LogP contribution in [-0.4, -0.2) is 57.1 Å². The predicted molar refractivity (Wildman–Crippen MR) is 89.3 cm³/mol. The monoisotopic (exact) mass is 306 g/mol.